The van der Waals surface area contributed by atoms with Crippen molar-refractivity contribution in [3.8, 4) is 0 Å². The second-order valence-corrected chi connectivity index (χ2v) is 8.01. The van der Waals surface area contributed by atoms with Gasteiger partial charge in [-0.1, -0.05) is 30.9 Å². The van der Waals surface area contributed by atoms with Crippen molar-refractivity contribution in [1.82, 2.24) is 0 Å². The summed E-state index contributed by atoms with van der Waals surface area (Å²) >= 11 is 5.42. The summed E-state index contributed by atoms with van der Waals surface area (Å²) in [6, 6.07) is -0.829. The zero-order chi connectivity index (χ0) is 6.04. The van der Waals surface area contributed by atoms with Gasteiger partial charge < -0.3 is 0 Å². The molecule has 0 saturated carbocycles. The highest BCUT2D eigenvalue weighted by Gasteiger charge is 2.14. The molecule has 0 radical (unpaired) electrons. The second-order valence-electron chi connectivity index (χ2n) is 2.21. The van der Waals surface area contributed by atoms with Gasteiger partial charge in [0, 0.05) is 0 Å². The Hall–Kier alpha value is 0.390. The molecule has 1 aliphatic heterocycles. The zero-order valence-corrected chi connectivity index (χ0v) is 6.84. The summed E-state index contributed by atoms with van der Waals surface area (Å²) < 4.78 is 0. The fourth-order valence-corrected chi connectivity index (χ4v) is 3.11. The normalized spacial score (nSPS) is 24.1. The Balaban J connectivity index is 2.60. The van der Waals surface area contributed by atoms with Crippen molar-refractivity contribution in [3.05, 3.63) is 12.2 Å². The van der Waals surface area contributed by atoms with Gasteiger partial charge in [-0.15, -0.1) is 0 Å². The maximum absolute atomic E-state index is 5.42. The van der Waals surface area contributed by atoms with Crippen LogP contribution in [-0.2, 0) is 11.8 Å². The molecule has 8 heavy (non-hydrogen) atoms. The zero-order valence-electron chi connectivity index (χ0n) is 5.13. The van der Waals surface area contributed by atoms with Gasteiger partial charge in [-0.2, -0.15) is 0 Å². The standard InChI is InChI=1S/C6H11PS/c1-2-7(8)5-3-4-6-7/h3-4H,2,5-6H2,1H3. The first-order valence-corrected chi connectivity index (χ1v) is 6.35. The number of hydrogen-bond donors (Lipinski definition) is 0. The maximum atomic E-state index is 5.42. The topological polar surface area (TPSA) is 0 Å². The highest BCUT2D eigenvalue weighted by Crippen LogP contribution is 2.48. The van der Waals surface area contributed by atoms with Gasteiger partial charge in [-0.25, -0.2) is 0 Å². The van der Waals surface area contributed by atoms with Gasteiger partial charge in [0.2, 0.25) is 0 Å². The van der Waals surface area contributed by atoms with E-state index >= 15 is 0 Å². The molecule has 1 aliphatic rings. The van der Waals surface area contributed by atoms with Crippen LogP contribution in [0.5, 0.6) is 0 Å². The Morgan fingerprint density at radius 2 is 2.00 bits per heavy atom. The van der Waals surface area contributed by atoms with E-state index in [1.807, 2.05) is 0 Å². The second kappa shape index (κ2) is 2.33. The van der Waals surface area contributed by atoms with E-state index in [0.717, 1.165) is 0 Å². The third kappa shape index (κ3) is 1.21. The Labute approximate surface area is 56.0 Å². The molecule has 0 unspecified atom stereocenters. The molecule has 0 fully saturated rings. The van der Waals surface area contributed by atoms with Crippen LogP contribution in [-0.4, -0.2) is 18.5 Å². The van der Waals surface area contributed by atoms with Crippen LogP contribution < -0.4 is 0 Å². The summed E-state index contributed by atoms with van der Waals surface area (Å²) in [5, 5.41) is 0. The Bertz CT molecular complexity index is 137. The predicted octanol–water partition coefficient (Wildman–Crippen LogP) is 2.06. The van der Waals surface area contributed by atoms with E-state index in [-0.39, 0.29) is 0 Å². The minimum absolute atomic E-state index is 0.829. The van der Waals surface area contributed by atoms with E-state index in [1.165, 1.54) is 18.5 Å². The maximum Gasteiger partial charge on any atom is -0.00511 e. The van der Waals surface area contributed by atoms with Gasteiger partial charge in [-0.05, 0) is 24.5 Å². The van der Waals surface area contributed by atoms with E-state index in [2.05, 4.69) is 19.1 Å². The van der Waals surface area contributed by atoms with Gasteiger partial charge >= 0.3 is 0 Å². The van der Waals surface area contributed by atoms with Crippen molar-refractivity contribution in [2.45, 2.75) is 6.92 Å². The van der Waals surface area contributed by atoms with Gasteiger partial charge in [-0.3, -0.25) is 0 Å². The Kier molecular flexibility index (Phi) is 1.89. The lowest BCUT2D eigenvalue weighted by Crippen LogP contribution is -1.85. The van der Waals surface area contributed by atoms with E-state index < -0.39 is 6.04 Å². The summed E-state index contributed by atoms with van der Waals surface area (Å²) in [6.45, 7) is 2.22. The lowest BCUT2D eigenvalue weighted by molar-refractivity contribution is 1.47. The fraction of sp³-hybridized carbons (Fsp3) is 0.667. The molecule has 0 amide bonds. The molecule has 46 valence electrons. The fourth-order valence-electron chi connectivity index (χ4n) is 0.866. The molecule has 0 aromatic carbocycles. The number of hydrogen-bond acceptors (Lipinski definition) is 1. The van der Waals surface area contributed by atoms with Crippen LogP contribution in [0.1, 0.15) is 6.92 Å². The largest absolute Gasteiger partial charge is 0.0969 e. The SMILES string of the molecule is CCP1(=S)CC=CC1. The number of allylic oxidation sites excluding steroid dienone is 2. The van der Waals surface area contributed by atoms with Crippen LogP contribution in [0.3, 0.4) is 0 Å². The molecule has 1 heterocycles. The average molecular weight is 146 g/mol. The molecular formula is C6H11PS. The minimum atomic E-state index is -0.829. The van der Waals surface area contributed by atoms with E-state index in [1.54, 1.807) is 0 Å². The van der Waals surface area contributed by atoms with Crippen molar-refractivity contribution in [3.63, 3.8) is 0 Å². The summed E-state index contributed by atoms with van der Waals surface area (Å²) in [5.41, 5.74) is 0. The molecule has 0 N–H and O–H groups in total. The molecule has 0 aromatic heterocycles. The first-order chi connectivity index (χ1) is 3.77. The average Bonchev–Trinajstić information content (AvgIpc) is 2.17. The van der Waals surface area contributed by atoms with Crippen molar-refractivity contribution < 1.29 is 0 Å². The first-order valence-electron chi connectivity index (χ1n) is 2.99. The number of rotatable bonds is 1. The smallest absolute Gasteiger partial charge is 0.00511 e. The van der Waals surface area contributed by atoms with Crippen LogP contribution in [0.15, 0.2) is 12.2 Å². The molecule has 0 aliphatic carbocycles. The molecule has 0 atom stereocenters. The highest BCUT2D eigenvalue weighted by atomic mass is 32.4. The third-order valence-electron chi connectivity index (χ3n) is 1.62. The highest BCUT2D eigenvalue weighted by molar-refractivity contribution is 8.14. The van der Waals surface area contributed by atoms with Crippen LogP contribution in [0.2, 0.25) is 0 Å². The van der Waals surface area contributed by atoms with Crippen molar-refractivity contribution in [2.75, 3.05) is 18.5 Å². The van der Waals surface area contributed by atoms with Gasteiger partial charge in [0.1, 0.15) is 0 Å². The summed E-state index contributed by atoms with van der Waals surface area (Å²) in [6.07, 6.45) is 8.17. The first kappa shape index (κ1) is 6.51. The monoisotopic (exact) mass is 146 g/mol. The summed E-state index contributed by atoms with van der Waals surface area (Å²) in [4.78, 5) is 0. The Morgan fingerprint density at radius 1 is 1.50 bits per heavy atom. The van der Waals surface area contributed by atoms with Crippen molar-refractivity contribution >= 4 is 17.8 Å². The molecule has 0 aromatic rings. The minimum Gasteiger partial charge on any atom is -0.0969 e. The molecule has 2 heteroatoms. The van der Waals surface area contributed by atoms with Gasteiger partial charge in [0.25, 0.3) is 0 Å². The molecule has 0 saturated heterocycles. The third-order valence-corrected chi connectivity index (χ3v) is 6.19. The lowest BCUT2D eigenvalue weighted by Gasteiger charge is -2.09. The molecule has 0 bridgehead atoms. The van der Waals surface area contributed by atoms with Gasteiger partial charge in [0.15, 0.2) is 0 Å². The van der Waals surface area contributed by atoms with E-state index in [0.29, 0.717) is 0 Å². The lowest BCUT2D eigenvalue weighted by atomic mass is 10.6. The Morgan fingerprint density at radius 3 is 2.25 bits per heavy atom. The van der Waals surface area contributed by atoms with Crippen molar-refractivity contribution in [1.29, 1.82) is 0 Å². The quantitative estimate of drug-likeness (QED) is 0.403. The van der Waals surface area contributed by atoms with Crippen LogP contribution in [0.25, 0.3) is 0 Å². The van der Waals surface area contributed by atoms with Crippen LogP contribution in [0.4, 0.5) is 0 Å². The van der Waals surface area contributed by atoms with Crippen molar-refractivity contribution in [2.24, 2.45) is 0 Å². The predicted molar refractivity (Wildman–Crippen MR) is 43.7 cm³/mol. The summed E-state index contributed by atoms with van der Waals surface area (Å²) in [7, 11) is 0. The van der Waals surface area contributed by atoms with E-state index in [9.17, 15) is 0 Å². The molecule has 0 spiro atoms. The van der Waals surface area contributed by atoms with Crippen LogP contribution in [0, 0.1) is 0 Å². The molecule has 0 nitrogen and oxygen atoms in total. The molecule has 1 rings (SSSR count). The van der Waals surface area contributed by atoms with Crippen LogP contribution >= 0.6 is 6.04 Å². The summed E-state index contributed by atoms with van der Waals surface area (Å²) in [5.74, 6) is 0. The molecular weight excluding hydrogens is 135 g/mol. The van der Waals surface area contributed by atoms with Gasteiger partial charge in [0.05, 0.1) is 0 Å². The van der Waals surface area contributed by atoms with E-state index in [4.69, 9.17) is 11.8 Å².